The van der Waals surface area contributed by atoms with Crippen LogP contribution in [-0.2, 0) is 62.8 Å². The molecule has 0 heterocycles. The summed E-state index contributed by atoms with van der Waals surface area (Å²) in [6.07, 6.45) is 2.23. The number of ether oxygens (including phenoxy) is 4. The molecule has 0 aromatic heterocycles. The molecule has 76 heavy (non-hydrogen) atoms. The van der Waals surface area contributed by atoms with Gasteiger partial charge in [-0.1, -0.05) is 238 Å². The highest BCUT2D eigenvalue weighted by molar-refractivity contribution is 9.08. The van der Waals surface area contributed by atoms with Crippen molar-refractivity contribution in [1.82, 2.24) is 0 Å². The van der Waals surface area contributed by atoms with Crippen LogP contribution >= 0.6 is 31.9 Å². The zero-order valence-electron chi connectivity index (χ0n) is 42.4. The largest absolute Gasteiger partial charge is 0.488 e. The number of rotatable bonds is 16. The zero-order chi connectivity index (χ0) is 51.5. The summed E-state index contributed by atoms with van der Waals surface area (Å²) in [6, 6.07) is 82.2. The van der Waals surface area contributed by atoms with Crippen molar-refractivity contribution in [3.63, 3.8) is 0 Å². The van der Waals surface area contributed by atoms with Gasteiger partial charge in [-0.25, -0.2) is 0 Å². The molecular weight excluding hydrogens is 1060 g/mol. The number of alkyl halides is 2. The Morgan fingerprint density at radius 2 is 0.487 bits per heavy atom. The van der Waals surface area contributed by atoms with E-state index in [1.54, 1.807) is 0 Å². The summed E-state index contributed by atoms with van der Waals surface area (Å²) in [5, 5.41) is 1.58. The normalized spacial score (nSPS) is 11.9. The molecule has 6 heteroatoms. The number of para-hydroxylation sites is 2. The summed E-state index contributed by atoms with van der Waals surface area (Å²) in [6.45, 7) is 1.65. The van der Waals surface area contributed by atoms with Gasteiger partial charge in [-0.2, -0.15) is 0 Å². The van der Waals surface area contributed by atoms with Gasteiger partial charge in [0.2, 0.25) is 0 Å². The number of halogens is 2. The second-order valence-electron chi connectivity index (χ2n) is 19.5. The molecule has 8 bridgehead atoms. The van der Waals surface area contributed by atoms with Crippen LogP contribution < -0.4 is 18.9 Å². The van der Waals surface area contributed by atoms with Crippen LogP contribution in [0.1, 0.15) is 77.9 Å². The van der Waals surface area contributed by atoms with Crippen molar-refractivity contribution in [2.24, 2.45) is 0 Å². The van der Waals surface area contributed by atoms with Gasteiger partial charge in [0.25, 0.3) is 0 Å². The maximum absolute atomic E-state index is 7.19. The lowest BCUT2D eigenvalue weighted by atomic mass is 9.88. The van der Waals surface area contributed by atoms with Crippen LogP contribution in [0.15, 0.2) is 231 Å². The van der Waals surface area contributed by atoms with Crippen molar-refractivity contribution in [3.8, 4) is 45.3 Å². The number of hydrogen-bond acceptors (Lipinski definition) is 4. The van der Waals surface area contributed by atoms with Gasteiger partial charge in [0.15, 0.2) is 0 Å². The van der Waals surface area contributed by atoms with Crippen LogP contribution in [0.2, 0.25) is 0 Å². The summed E-state index contributed by atoms with van der Waals surface area (Å²) in [7, 11) is 0. The molecule has 4 nitrogen and oxygen atoms in total. The molecule has 1 aliphatic rings. The van der Waals surface area contributed by atoms with Crippen LogP contribution in [0, 0.1) is 0 Å². The van der Waals surface area contributed by atoms with Gasteiger partial charge in [0, 0.05) is 36.3 Å². The zero-order valence-corrected chi connectivity index (χ0v) is 45.6. The van der Waals surface area contributed by atoms with Gasteiger partial charge in [-0.3, -0.25) is 0 Å². The van der Waals surface area contributed by atoms with Gasteiger partial charge in [-0.05, 0) is 124 Å². The monoisotopic (exact) mass is 1120 g/mol. The molecule has 0 unspecified atom stereocenters. The molecule has 10 aromatic rings. The lowest BCUT2D eigenvalue weighted by molar-refractivity contribution is 0.293. The van der Waals surface area contributed by atoms with Crippen molar-refractivity contribution in [1.29, 1.82) is 0 Å². The molecule has 0 saturated heterocycles. The topological polar surface area (TPSA) is 36.9 Å². The predicted octanol–water partition coefficient (Wildman–Crippen LogP) is 17.8. The summed E-state index contributed by atoms with van der Waals surface area (Å²) in [5.41, 5.74) is 20.0. The number of hydrogen-bond donors (Lipinski definition) is 0. The Labute approximate surface area is 464 Å². The summed E-state index contributed by atoms with van der Waals surface area (Å²) >= 11 is 7.36. The summed E-state index contributed by atoms with van der Waals surface area (Å²) in [4.78, 5) is 0. The van der Waals surface area contributed by atoms with Crippen LogP contribution in [-0.4, -0.2) is 0 Å². The van der Waals surface area contributed by atoms with Crippen LogP contribution in [0.3, 0.4) is 0 Å². The first-order valence-electron chi connectivity index (χ1n) is 26.0. The molecule has 0 fully saturated rings. The third-order valence-electron chi connectivity index (χ3n) is 14.2. The molecule has 0 N–H and O–H groups in total. The Hall–Kier alpha value is -7.64. The van der Waals surface area contributed by atoms with Crippen molar-refractivity contribution in [2.75, 3.05) is 0 Å². The quantitative estimate of drug-likeness (QED) is 0.0904. The molecule has 10 aromatic carbocycles. The Kier molecular flexibility index (Phi) is 16.2. The van der Waals surface area contributed by atoms with Gasteiger partial charge in [0.1, 0.15) is 49.4 Å². The summed E-state index contributed by atoms with van der Waals surface area (Å²) < 4.78 is 28.7. The lowest BCUT2D eigenvalue weighted by Gasteiger charge is -2.24. The molecule has 0 atom stereocenters. The van der Waals surface area contributed by atoms with E-state index in [0.29, 0.717) is 52.1 Å². The van der Waals surface area contributed by atoms with E-state index in [2.05, 4.69) is 262 Å². The average molecular weight is 1120 g/mol. The highest BCUT2D eigenvalue weighted by atomic mass is 79.9. The maximum atomic E-state index is 7.19. The van der Waals surface area contributed by atoms with E-state index in [-0.39, 0.29) is 0 Å². The standard InChI is InChI=1S/C70H58Br2O4/c71-43-49-27-31-55(32-28-49)61-39-63-35-57-23-13-24-58(67(57)73-45-51-15-5-1-6-16-51)36-64-40-62(56-33-29-50(44-72)30-34-56)42-66(70(64)76-48-54-21-11-4-12-22-54)38-60-26-14-25-59(68(60)74-46-52-17-7-2-8-18-52)37-65(41-61)69(63)75-47-53-19-9-3-10-20-53/h1-34,39-42H,35-38,43-48H2. The molecule has 1 aliphatic carbocycles. The molecule has 0 amide bonds. The minimum Gasteiger partial charge on any atom is -0.488 e. The molecule has 0 radical (unpaired) electrons. The van der Waals surface area contributed by atoms with E-state index in [4.69, 9.17) is 18.9 Å². The average Bonchev–Trinajstić information content (AvgIpc) is 3.47. The predicted molar refractivity (Wildman–Crippen MR) is 316 cm³/mol. The first kappa shape index (κ1) is 50.5. The Bertz CT molecular complexity index is 3200. The van der Waals surface area contributed by atoms with E-state index in [1.807, 2.05) is 0 Å². The third-order valence-corrected chi connectivity index (χ3v) is 15.4. The fourth-order valence-electron chi connectivity index (χ4n) is 10.3. The van der Waals surface area contributed by atoms with Gasteiger partial charge < -0.3 is 18.9 Å². The molecule has 376 valence electrons. The van der Waals surface area contributed by atoms with E-state index in [9.17, 15) is 0 Å². The van der Waals surface area contributed by atoms with Crippen LogP contribution in [0.4, 0.5) is 0 Å². The Balaban J connectivity index is 1.15. The second kappa shape index (κ2) is 24.4. The molecule has 0 spiro atoms. The maximum Gasteiger partial charge on any atom is 0.126 e. The Morgan fingerprint density at radius 3 is 0.737 bits per heavy atom. The lowest BCUT2D eigenvalue weighted by Crippen LogP contribution is -2.10. The third kappa shape index (κ3) is 12.2. The van der Waals surface area contributed by atoms with Crippen molar-refractivity contribution in [2.45, 2.75) is 62.8 Å². The van der Waals surface area contributed by atoms with Crippen molar-refractivity contribution in [3.05, 3.63) is 308 Å². The number of benzene rings is 10. The van der Waals surface area contributed by atoms with Crippen LogP contribution in [0.5, 0.6) is 23.0 Å². The van der Waals surface area contributed by atoms with Crippen molar-refractivity contribution >= 4 is 31.9 Å². The van der Waals surface area contributed by atoms with Crippen molar-refractivity contribution < 1.29 is 18.9 Å². The molecule has 0 saturated carbocycles. The van der Waals surface area contributed by atoms with Gasteiger partial charge in [0.05, 0.1) is 0 Å². The molecule has 11 rings (SSSR count). The first-order chi connectivity index (χ1) is 37.5. The van der Waals surface area contributed by atoms with Crippen LogP contribution in [0.25, 0.3) is 22.3 Å². The highest BCUT2D eigenvalue weighted by Gasteiger charge is 2.24. The minimum absolute atomic E-state index is 0.413. The first-order valence-corrected chi connectivity index (χ1v) is 28.3. The van der Waals surface area contributed by atoms with Gasteiger partial charge >= 0.3 is 0 Å². The molecule has 0 aliphatic heterocycles. The summed E-state index contributed by atoms with van der Waals surface area (Å²) in [5.74, 6) is 3.47. The van der Waals surface area contributed by atoms with Gasteiger partial charge in [-0.15, -0.1) is 0 Å². The van der Waals surface area contributed by atoms with E-state index < -0.39 is 0 Å². The minimum atomic E-state index is 0.413. The smallest absolute Gasteiger partial charge is 0.126 e. The van der Waals surface area contributed by atoms with E-state index >= 15 is 0 Å². The second-order valence-corrected chi connectivity index (χ2v) is 20.6. The Morgan fingerprint density at radius 1 is 0.237 bits per heavy atom. The fourth-order valence-corrected chi connectivity index (χ4v) is 11.0. The van der Waals surface area contributed by atoms with E-state index in [0.717, 1.165) is 123 Å². The SMILES string of the molecule is BrCc1ccc(-c2cc3c(OCc4ccccc4)c(c2)Cc2cccc(c2OCc2ccccc2)Cc2cc(-c4ccc(CBr)cc4)cc(c2OCc2ccccc2)Cc2cccc(c2OCc2ccccc2)C3)cc1. The molecular formula is C70H58Br2O4. The fraction of sp³-hybridized carbons (Fsp3) is 0.143. The number of fused-ring (bicyclic) bond motifs is 8. The van der Waals surface area contributed by atoms with E-state index in [1.165, 1.54) is 11.1 Å². The highest BCUT2D eigenvalue weighted by Crippen LogP contribution is 2.43.